The van der Waals surface area contributed by atoms with Crippen molar-refractivity contribution in [2.24, 2.45) is 0 Å². The van der Waals surface area contributed by atoms with Crippen LogP contribution in [0, 0.1) is 0 Å². The molecule has 0 aliphatic carbocycles. The summed E-state index contributed by atoms with van der Waals surface area (Å²) in [7, 11) is -4.94. The van der Waals surface area contributed by atoms with Gasteiger partial charge < -0.3 is 8.92 Å². The van der Waals surface area contributed by atoms with Gasteiger partial charge in [-0.05, 0) is 12.1 Å². The summed E-state index contributed by atoms with van der Waals surface area (Å²) in [4.78, 5) is 11.2. The van der Waals surface area contributed by atoms with Crippen molar-refractivity contribution in [3.05, 3.63) is 28.1 Å². The number of benzene rings is 1. The van der Waals surface area contributed by atoms with E-state index in [-0.39, 0.29) is 15.1 Å². The van der Waals surface area contributed by atoms with E-state index in [2.05, 4.69) is 8.92 Å². The molecule has 11 heteroatoms. The number of thiophene rings is 1. The van der Waals surface area contributed by atoms with Crippen LogP contribution in [0.15, 0.2) is 18.2 Å². The minimum absolute atomic E-state index is 0.0364. The van der Waals surface area contributed by atoms with Gasteiger partial charge in [-0.15, -0.1) is 11.3 Å². The third kappa shape index (κ3) is 2.85. The third-order valence-corrected chi connectivity index (χ3v) is 5.05. The molecule has 1 heterocycles. The lowest BCUT2D eigenvalue weighted by molar-refractivity contribution is -0.0499. The Labute approximate surface area is 131 Å². The fourth-order valence-electron chi connectivity index (χ4n) is 1.53. The van der Waals surface area contributed by atoms with Crippen molar-refractivity contribution < 1.29 is 35.3 Å². The number of carbonyl (C=O) groups excluding carboxylic acids is 1. The SMILES string of the molecule is COC(=O)c1sc2c(Cl)cccc2c1OS(=O)(=O)C(F)(F)F. The molecule has 0 atom stereocenters. The van der Waals surface area contributed by atoms with Crippen LogP contribution < -0.4 is 4.18 Å². The van der Waals surface area contributed by atoms with Crippen molar-refractivity contribution >= 4 is 49.1 Å². The molecule has 1 aromatic carbocycles. The zero-order chi connectivity index (χ0) is 16.7. The van der Waals surface area contributed by atoms with Gasteiger partial charge in [-0.1, -0.05) is 17.7 Å². The van der Waals surface area contributed by atoms with Gasteiger partial charge in [0.15, 0.2) is 10.6 Å². The number of esters is 1. The molecule has 120 valence electrons. The van der Waals surface area contributed by atoms with Crippen LogP contribution in [0.1, 0.15) is 9.67 Å². The lowest BCUT2D eigenvalue weighted by Gasteiger charge is -2.10. The predicted octanol–water partition coefficient (Wildman–Crippen LogP) is 3.57. The highest BCUT2D eigenvalue weighted by Gasteiger charge is 2.49. The molecule has 0 fully saturated rings. The van der Waals surface area contributed by atoms with E-state index in [1.165, 1.54) is 18.2 Å². The average Bonchev–Trinajstić information content (AvgIpc) is 2.76. The van der Waals surface area contributed by atoms with E-state index in [1.54, 1.807) is 0 Å². The molecule has 1 aromatic heterocycles. The smallest absolute Gasteiger partial charge is 0.465 e. The topological polar surface area (TPSA) is 69.7 Å². The van der Waals surface area contributed by atoms with E-state index >= 15 is 0 Å². The largest absolute Gasteiger partial charge is 0.534 e. The lowest BCUT2D eigenvalue weighted by atomic mass is 10.2. The normalized spacial score (nSPS) is 12.4. The van der Waals surface area contributed by atoms with Gasteiger partial charge in [0.05, 0.1) is 16.8 Å². The second kappa shape index (κ2) is 5.60. The first-order chi connectivity index (χ1) is 10.1. The van der Waals surface area contributed by atoms with Crippen molar-refractivity contribution in [1.82, 2.24) is 0 Å². The van der Waals surface area contributed by atoms with Crippen LogP contribution >= 0.6 is 22.9 Å². The number of fused-ring (bicyclic) bond motifs is 1. The Morgan fingerprint density at radius 2 is 1.95 bits per heavy atom. The molecular formula is C11H6ClF3O5S2. The average molecular weight is 375 g/mol. The molecule has 0 aliphatic heterocycles. The minimum Gasteiger partial charge on any atom is -0.465 e. The highest BCUT2D eigenvalue weighted by molar-refractivity contribution is 7.88. The first-order valence-corrected chi connectivity index (χ1v) is 7.99. The summed E-state index contributed by atoms with van der Waals surface area (Å²) in [5.74, 6) is -1.80. The molecule has 0 radical (unpaired) electrons. The quantitative estimate of drug-likeness (QED) is 0.466. The molecule has 0 saturated heterocycles. The summed E-state index contributed by atoms with van der Waals surface area (Å²) in [6.07, 6.45) is 0. The van der Waals surface area contributed by atoms with Crippen molar-refractivity contribution in [3.63, 3.8) is 0 Å². The zero-order valence-electron chi connectivity index (χ0n) is 10.6. The van der Waals surface area contributed by atoms with Crippen molar-refractivity contribution in [2.45, 2.75) is 5.51 Å². The first-order valence-electron chi connectivity index (χ1n) is 5.38. The Kier molecular flexibility index (Phi) is 4.28. The molecule has 2 aromatic rings. The first kappa shape index (κ1) is 16.8. The summed E-state index contributed by atoms with van der Waals surface area (Å²) in [5, 5.41) is 0.0950. The monoisotopic (exact) mass is 374 g/mol. The highest BCUT2D eigenvalue weighted by atomic mass is 35.5. The van der Waals surface area contributed by atoms with Gasteiger partial charge in [-0.3, -0.25) is 0 Å². The van der Waals surface area contributed by atoms with Gasteiger partial charge >= 0.3 is 21.6 Å². The molecule has 0 amide bonds. The van der Waals surface area contributed by atoms with Gasteiger partial charge in [-0.25, -0.2) is 4.79 Å². The molecule has 0 N–H and O–H groups in total. The Hall–Kier alpha value is -1.52. The maximum Gasteiger partial charge on any atom is 0.534 e. The lowest BCUT2D eigenvalue weighted by Crippen LogP contribution is -2.28. The predicted molar refractivity (Wildman–Crippen MR) is 73.8 cm³/mol. The fourth-order valence-corrected chi connectivity index (χ4v) is 3.41. The van der Waals surface area contributed by atoms with Gasteiger partial charge in [0.25, 0.3) is 0 Å². The van der Waals surface area contributed by atoms with E-state index in [0.717, 1.165) is 7.11 Å². The summed E-state index contributed by atoms with van der Waals surface area (Å²) in [5.41, 5.74) is -5.63. The van der Waals surface area contributed by atoms with Crippen molar-refractivity contribution in [1.29, 1.82) is 0 Å². The summed E-state index contributed by atoms with van der Waals surface area (Å²) < 4.78 is 68.5. The van der Waals surface area contributed by atoms with Crippen molar-refractivity contribution in [3.8, 4) is 5.75 Å². The number of rotatable bonds is 3. The standard InChI is InChI=1S/C11H6ClF3O5S2/c1-19-10(16)9-7(20-22(17,18)11(13,14)15)5-3-2-4-6(12)8(5)21-9/h2-4H,1H3. The molecular weight excluding hydrogens is 369 g/mol. The van der Waals surface area contributed by atoms with E-state index in [0.29, 0.717) is 11.3 Å². The van der Waals surface area contributed by atoms with Crippen LogP contribution in [0.3, 0.4) is 0 Å². The number of alkyl halides is 3. The molecule has 0 saturated carbocycles. The maximum absolute atomic E-state index is 12.5. The minimum atomic E-state index is -5.93. The maximum atomic E-state index is 12.5. The van der Waals surface area contributed by atoms with Crippen LogP contribution in [0.4, 0.5) is 13.2 Å². The van der Waals surface area contributed by atoms with E-state index in [1.807, 2.05) is 0 Å². The fraction of sp³-hybridized carbons (Fsp3) is 0.182. The number of halogens is 4. The molecule has 0 unspecified atom stereocenters. The second-order valence-electron chi connectivity index (χ2n) is 3.85. The second-order valence-corrected chi connectivity index (χ2v) is 6.82. The van der Waals surface area contributed by atoms with Gasteiger partial charge in [0.1, 0.15) is 0 Å². The number of ether oxygens (including phenoxy) is 1. The summed E-state index contributed by atoms with van der Waals surface area (Å²) in [6, 6.07) is 4.10. The number of carbonyl (C=O) groups is 1. The van der Waals surface area contributed by atoms with Crippen LogP contribution in [0.5, 0.6) is 5.75 Å². The molecule has 0 aliphatic rings. The third-order valence-electron chi connectivity index (χ3n) is 2.47. The van der Waals surface area contributed by atoms with Gasteiger partial charge in [-0.2, -0.15) is 21.6 Å². The zero-order valence-corrected chi connectivity index (χ0v) is 13.0. The van der Waals surface area contributed by atoms with Crippen LogP contribution in [0.2, 0.25) is 5.02 Å². The number of hydrogen-bond acceptors (Lipinski definition) is 6. The Bertz CT molecular complexity index is 841. The highest BCUT2D eigenvalue weighted by Crippen LogP contribution is 2.43. The number of methoxy groups -OCH3 is 1. The van der Waals surface area contributed by atoms with Crippen molar-refractivity contribution in [2.75, 3.05) is 7.11 Å². The summed E-state index contributed by atoms with van der Waals surface area (Å²) in [6.45, 7) is 0. The number of hydrogen-bond donors (Lipinski definition) is 0. The molecule has 0 spiro atoms. The molecule has 22 heavy (non-hydrogen) atoms. The van der Waals surface area contributed by atoms with E-state index in [9.17, 15) is 26.4 Å². The molecule has 0 bridgehead atoms. The van der Waals surface area contributed by atoms with Gasteiger partial charge in [0, 0.05) is 5.39 Å². The summed E-state index contributed by atoms with van der Waals surface area (Å²) >= 11 is 6.55. The molecule has 2 rings (SSSR count). The van der Waals surface area contributed by atoms with Crippen LogP contribution in [0.25, 0.3) is 10.1 Å². The van der Waals surface area contributed by atoms with Gasteiger partial charge in [0.2, 0.25) is 0 Å². The van der Waals surface area contributed by atoms with Crippen LogP contribution in [-0.2, 0) is 14.9 Å². The Morgan fingerprint density at radius 3 is 2.50 bits per heavy atom. The van der Waals surface area contributed by atoms with E-state index in [4.69, 9.17) is 11.6 Å². The molecule has 5 nitrogen and oxygen atoms in total. The Morgan fingerprint density at radius 1 is 1.32 bits per heavy atom. The van der Waals surface area contributed by atoms with Crippen LogP contribution in [-0.4, -0.2) is 27.0 Å². The Balaban J connectivity index is 2.71. The van der Waals surface area contributed by atoms with E-state index < -0.39 is 32.2 Å².